The molecule has 1 unspecified atom stereocenters. The van der Waals surface area contributed by atoms with Crippen molar-refractivity contribution in [2.75, 3.05) is 6.61 Å². The second kappa shape index (κ2) is 10.7. The number of phosphoric ester groups is 1. The van der Waals surface area contributed by atoms with E-state index in [9.17, 15) is 14.3 Å². The van der Waals surface area contributed by atoms with Gasteiger partial charge in [0.15, 0.2) is 0 Å². The lowest BCUT2D eigenvalue weighted by atomic mass is 10.1. The highest BCUT2D eigenvalue weighted by Crippen LogP contribution is 2.44. The molecule has 1 atom stereocenters. The van der Waals surface area contributed by atoms with Gasteiger partial charge in [-0.05, 0) is 38.1 Å². The van der Waals surface area contributed by atoms with Crippen molar-refractivity contribution in [2.45, 2.75) is 58.5 Å². The van der Waals surface area contributed by atoms with E-state index >= 15 is 0 Å². The second-order valence-electron chi connectivity index (χ2n) is 6.86. The number of carbonyl (C=O) groups is 1. The number of nitrogens with zero attached hydrogens (tertiary/aromatic N) is 1. The van der Waals surface area contributed by atoms with Crippen molar-refractivity contribution in [1.82, 2.24) is 4.98 Å². The molecule has 0 radical (unpaired) electrons. The first-order valence-electron chi connectivity index (χ1n) is 9.37. The largest absolute Gasteiger partial charge is 0.472 e. The number of phosphoric acid groups is 1. The van der Waals surface area contributed by atoms with Crippen LogP contribution in [0.4, 0.5) is 0 Å². The molecule has 7 heteroatoms. The number of unbranched alkanes of at least 4 members (excludes halogenated alkanes) is 3. The molecule has 148 valence electrons. The topological polar surface area (TPSA) is 85.7 Å². The molecule has 0 aliphatic carbocycles. The molecule has 6 nitrogen and oxygen atoms in total. The lowest BCUT2D eigenvalue weighted by molar-refractivity contribution is -0.118. The number of rotatable bonds is 12. The van der Waals surface area contributed by atoms with Gasteiger partial charge in [-0.25, -0.2) is 4.57 Å². The number of carbonyl (C=O) groups excluding carboxylic acids is 1. The highest BCUT2D eigenvalue weighted by molar-refractivity contribution is 7.47. The van der Waals surface area contributed by atoms with E-state index in [2.05, 4.69) is 4.98 Å². The van der Waals surface area contributed by atoms with Crippen molar-refractivity contribution < 1.29 is 23.3 Å². The zero-order valence-electron chi connectivity index (χ0n) is 16.0. The molecule has 0 aliphatic rings. The molecule has 0 bridgehead atoms. The summed E-state index contributed by atoms with van der Waals surface area (Å²) in [4.78, 5) is 25.9. The Hall–Kier alpha value is -1.59. The maximum atomic E-state index is 12.1. The predicted octanol–water partition coefficient (Wildman–Crippen LogP) is 4.84. The van der Waals surface area contributed by atoms with Crippen LogP contribution >= 0.6 is 7.82 Å². The smallest absolute Gasteiger partial charge is 0.302 e. The minimum Gasteiger partial charge on any atom is -0.302 e. The molecule has 1 N–H and O–H groups in total. The van der Waals surface area contributed by atoms with Crippen molar-refractivity contribution >= 4 is 24.4 Å². The minimum atomic E-state index is -3.94. The molecular formula is C20H28NO5P. The SMILES string of the molecule is CC(C)OP(=O)(O)OCCCCCCC(=O)Cc1cc2ccccc2cn1. The van der Waals surface area contributed by atoms with Crippen LogP contribution < -0.4 is 0 Å². The molecule has 0 fully saturated rings. The van der Waals surface area contributed by atoms with Crippen LogP contribution in [0.25, 0.3) is 10.8 Å². The van der Waals surface area contributed by atoms with Gasteiger partial charge in [-0.2, -0.15) is 0 Å². The third kappa shape index (κ3) is 8.31. The van der Waals surface area contributed by atoms with Gasteiger partial charge in [0, 0.05) is 30.1 Å². The van der Waals surface area contributed by atoms with Crippen LogP contribution in [0.1, 0.15) is 51.6 Å². The predicted molar refractivity (Wildman–Crippen MR) is 106 cm³/mol. The number of benzene rings is 1. The zero-order valence-corrected chi connectivity index (χ0v) is 16.9. The van der Waals surface area contributed by atoms with Crippen molar-refractivity contribution in [3.05, 3.63) is 42.2 Å². The average Bonchev–Trinajstić information content (AvgIpc) is 2.59. The Kier molecular flexibility index (Phi) is 8.58. The summed E-state index contributed by atoms with van der Waals surface area (Å²) in [5.41, 5.74) is 0.802. The Morgan fingerprint density at radius 2 is 1.85 bits per heavy atom. The maximum Gasteiger partial charge on any atom is 0.472 e. The standard InChI is InChI=1S/C20H28NO5P/c1-16(2)26-27(23,24)25-12-8-4-3-5-11-20(22)14-19-13-17-9-6-7-10-18(17)15-21-19/h6-7,9-10,13,15-16H,3-5,8,11-12,14H2,1-2H3,(H,23,24). The van der Waals surface area contributed by atoms with Crippen molar-refractivity contribution in [1.29, 1.82) is 0 Å². The van der Waals surface area contributed by atoms with Gasteiger partial charge in [0.2, 0.25) is 0 Å². The van der Waals surface area contributed by atoms with Gasteiger partial charge >= 0.3 is 7.82 Å². The molecule has 27 heavy (non-hydrogen) atoms. The third-order valence-corrected chi connectivity index (χ3v) is 5.21. The fourth-order valence-electron chi connectivity index (χ4n) is 2.77. The highest BCUT2D eigenvalue weighted by atomic mass is 31.2. The first-order chi connectivity index (χ1) is 12.9. The van der Waals surface area contributed by atoms with Gasteiger partial charge in [-0.3, -0.25) is 18.8 Å². The molecule has 1 aromatic carbocycles. The molecule has 2 rings (SSSR count). The molecule has 0 aliphatic heterocycles. The Morgan fingerprint density at radius 3 is 2.59 bits per heavy atom. The second-order valence-corrected chi connectivity index (χ2v) is 8.26. The van der Waals surface area contributed by atoms with Gasteiger partial charge in [0.1, 0.15) is 5.78 Å². The highest BCUT2D eigenvalue weighted by Gasteiger charge is 2.21. The van der Waals surface area contributed by atoms with E-state index in [1.54, 1.807) is 20.0 Å². The summed E-state index contributed by atoms with van der Waals surface area (Å²) in [6.45, 7) is 3.53. The molecule has 0 amide bonds. The molecule has 1 aromatic heterocycles. The zero-order chi connectivity index (χ0) is 19.7. The fourth-order valence-corrected chi connectivity index (χ4v) is 3.72. The fraction of sp³-hybridized carbons (Fsp3) is 0.500. The van der Waals surface area contributed by atoms with Crippen molar-refractivity contribution in [3.8, 4) is 0 Å². The molecule has 0 spiro atoms. The monoisotopic (exact) mass is 393 g/mol. The number of hydrogen-bond donors (Lipinski definition) is 1. The van der Waals surface area contributed by atoms with Crippen LogP contribution in [-0.4, -0.2) is 28.4 Å². The summed E-state index contributed by atoms with van der Waals surface area (Å²) in [5, 5.41) is 2.17. The average molecular weight is 393 g/mol. The van der Waals surface area contributed by atoms with Gasteiger partial charge in [-0.15, -0.1) is 0 Å². The van der Waals surface area contributed by atoms with Crippen LogP contribution in [0.3, 0.4) is 0 Å². The Balaban J connectivity index is 1.60. The summed E-state index contributed by atoms with van der Waals surface area (Å²) < 4.78 is 21.2. The summed E-state index contributed by atoms with van der Waals surface area (Å²) in [7, 11) is -3.94. The van der Waals surface area contributed by atoms with E-state index in [-0.39, 0.29) is 18.5 Å². The number of aromatic nitrogens is 1. The van der Waals surface area contributed by atoms with Crippen molar-refractivity contribution in [2.24, 2.45) is 0 Å². The van der Waals surface area contributed by atoms with E-state index in [1.165, 1.54) is 0 Å². The first kappa shape index (κ1) is 21.7. The van der Waals surface area contributed by atoms with Crippen molar-refractivity contribution in [3.63, 3.8) is 0 Å². The van der Waals surface area contributed by atoms with E-state index in [0.717, 1.165) is 35.7 Å². The quantitative estimate of drug-likeness (QED) is 0.410. The third-order valence-electron chi connectivity index (χ3n) is 4.01. The normalized spacial score (nSPS) is 13.8. The van der Waals surface area contributed by atoms with Gasteiger partial charge < -0.3 is 4.89 Å². The van der Waals surface area contributed by atoms with E-state index in [4.69, 9.17) is 9.05 Å². The van der Waals surface area contributed by atoms with Gasteiger partial charge in [0.25, 0.3) is 0 Å². The first-order valence-corrected chi connectivity index (χ1v) is 10.9. The molecular weight excluding hydrogens is 365 g/mol. The lowest BCUT2D eigenvalue weighted by Crippen LogP contribution is -2.05. The van der Waals surface area contributed by atoms with Crippen LogP contribution in [0.15, 0.2) is 36.5 Å². The molecule has 0 saturated carbocycles. The van der Waals surface area contributed by atoms with Crippen LogP contribution in [0.5, 0.6) is 0 Å². The Bertz CT molecular complexity index is 793. The molecule has 2 aromatic rings. The van der Waals surface area contributed by atoms with Gasteiger partial charge in [0.05, 0.1) is 12.7 Å². The van der Waals surface area contributed by atoms with Crippen LogP contribution in [-0.2, 0) is 24.8 Å². The minimum absolute atomic E-state index is 0.176. The molecule has 1 heterocycles. The summed E-state index contributed by atoms with van der Waals surface area (Å²) in [5.74, 6) is 0.180. The summed E-state index contributed by atoms with van der Waals surface area (Å²) in [6, 6.07) is 9.93. The van der Waals surface area contributed by atoms with Crippen LogP contribution in [0.2, 0.25) is 0 Å². The number of fused-ring (bicyclic) bond motifs is 1. The van der Waals surface area contributed by atoms with E-state index < -0.39 is 7.82 Å². The summed E-state index contributed by atoms with van der Waals surface area (Å²) in [6.07, 6.45) is 5.49. The molecule has 0 saturated heterocycles. The maximum absolute atomic E-state index is 12.1. The summed E-state index contributed by atoms with van der Waals surface area (Å²) >= 11 is 0. The van der Waals surface area contributed by atoms with E-state index in [1.807, 2.05) is 30.3 Å². The number of hydrogen-bond acceptors (Lipinski definition) is 5. The Morgan fingerprint density at radius 1 is 1.15 bits per heavy atom. The number of pyridine rings is 1. The Labute approximate surface area is 160 Å². The number of Topliss-reactive ketones (excluding diaryl/α,β-unsaturated/α-hetero) is 1. The lowest BCUT2D eigenvalue weighted by Gasteiger charge is -2.14. The van der Waals surface area contributed by atoms with E-state index in [0.29, 0.717) is 19.3 Å². The van der Waals surface area contributed by atoms with Crippen LogP contribution in [0, 0.1) is 0 Å². The van der Waals surface area contributed by atoms with Gasteiger partial charge in [-0.1, -0.05) is 37.1 Å². The number of ketones is 1.